The summed E-state index contributed by atoms with van der Waals surface area (Å²) in [4.78, 5) is 21.6. The first-order valence-electron chi connectivity index (χ1n) is 7.69. The lowest BCUT2D eigenvalue weighted by Gasteiger charge is -2.04. The zero-order chi connectivity index (χ0) is 18.1. The number of aromatic amines is 1. The van der Waals surface area contributed by atoms with Crippen molar-refractivity contribution in [1.82, 2.24) is 29.8 Å². The second kappa shape index (κ2) is 6.89. The van der Waals surface area contributed by atoms with Gasteiger partial charge in [-0.3, -0.25) is 9.89 Å². The molecule has 0 amide bonds. The van der Waals surface area contributed by atoms with Crippen molar-refractivity contribution in [3.63, 3.8) is 0 Å². The van der Waals surface area contributed by atoms with Crippen LogP contribution in [0.2, 0.25) is 0 Å². The maximum Gasteiger partial charge on any atom is 0.275 e. The first-order chi connectivity index (χ1) is 12.6. The smallest absolute Gasteiger partial charge is 0.275 e. The summed E-state index contributed by atoms with van der Waals surface area (Å²) in [7, 11) is 1.62. The predicted molar refractivity (Wildman–Crippen MR) is 99.8 cm³/mol. The third kappa shape index (κ3) is 3.20. The fraction of sp³-hybridized carbons (Fsp3) is 0.188. The van der Waals surface area contributed by atoms with E-state index in [1.165, 1.54) is 33.7 Å². The van der Waals surface area contributed by atoms with Crippen molar-refractivity contribution in [2.45, 2.75) is 17.8 Å². The fourth-order valence-corrected chi connectivity index (χ4v) is 3.89. The Hall–Kier alpha value is -2.72. The van der Waals surface area contributed by atoms with Crippen molar-refractivity contribution in [1.29, 1.82) is 0 Å². The monoisotopic (exact) mass is 386 g/mol. The highest BCUT2D eigenvalue weighted by Gasteiger charge is 2.12. The molecule has 0 fully saturated rings. The van der Waals surface area contributed by atoms with Gasteiger partial charge < -0.3 is 4.74 Å². The van der Waals surface area contributed by atoms with Gasteiger partial charge in [0.05, 0.1) is 18.4 Å². The number of hydrogen-bond acceptors (Lipinski definition) is 8. The van der Waals surface area contributed by atoms with Gasteiger partial charge >= 0.3 is 0 Å². The van der Waals surface area contributed by atoms with Crippen LogP contribution in [0, 0.1) is 6.92 Å². The van der Waals surface area contributed by atoms with Crippen LogP contribution in [-0.4, -0.2) is 36.9 Å². The Labute approximate surface area is 156 Å². The number of aryl methyl sites for hydroxylation is 1. The Kier molecular flexibility index (Phi) is 4.43. The summed E-state index contributed by atoms with van der Waals surface area (Å²) in [6.45, 7) is 1.85. The summed E-state index contributed by atoms with van der Waals surface area (Å²) in [5.41, 5.74) is 1.33. The van der Waals surface area contributed by atoms with Gasteiger partial charge in [0.2, 0.25) is 10.1 Å². The first-order valence-corrected chi connectivity index (χ1v) is 9.49. The standard InChI is InChI=1S/C16H14N6O2S2/c1-9-21-22-13(23)7-10(17-16(22)26-9)8-25-15-18-14(19-20-15)11-5-3-4-6-12(11)24-2/h3-7H,8H2,1-2H3,(H,18,19,20). The zero-order valence-electron chi connectivity index (χ0n) is 14.0. The van der Waals surface area contributed by atoms with Crippen LogP contribution in [0.5, 0.6) is 5.75 Å². The molecule has 0 saturated carbocycles. The van der Waals surface area contributed by atoms with Crippen molar-refractivity contribution in [3.8, 4) is 17.1 Å². The number of thioether (sulfide) groups is 1. The van der Waals surface area contributed by atoms with Gasteiger partial charge in [-0.25, -0.2) is 9.97 Å². The molecular weight excluding hydrogens is 372 g/mol. The number of H-pyrrole nitrogens is 1. The Bertz CT molecular complexity index is 1130. The molecule has 0 saturated heterocycles. The molecule has 26 heavy (non-hydrogen) atoms. The maximum atomic E-state index is 12.1. The molecule has 0 atom stereocenters. The third-order valence-electron chi connectivity index (χ3n) is 3.58. The first kappa shape index (κ1) is 16.7. The average Bonchev–Trinajstić information content (AvgIpc) is 3.26. The number of benzene rings is 1. The van der Waals surface area contributed by atoms with Crippen LogP contribution in [-0.2, 0) is 5.75 Å². The van der Waals surface area contributed by atoms with Gasteiger partial charge in [0.15, 0.2) is 5.82 Å². The van der Waals surface area contributed by atoms with Gasteiger partial charge in [0.25, 0.3) is 5.56 Å². The molecule has 10 heteroatoms. The molecule has 1 N–H and O–H groups in total. The van der Waals surface area contributed by atoms with Crippen LogP contribution in [0.15, 0.2) is 40.3 Å². The Morgan fingerprint density at radius 3 is 3.00 bits per heavy atom. The van der Waals surface area contributed by atoms with E-state index in [0.29, 0.717) is 27.4 Å². The molecule has 1 aromatic carbocycles. The zero-order valence-corrected chi connectivity index (χ0v) is 15.6. The van der Waals surface area contributed by atoms with E-state index in [2.05, 4.69) is 25.3 Å². The van der Waals surface area contributed by atoms with Crippen LogP contribution in [0.3, 0.4) is 0 Å². The summed E-state index contributed by atoms with van der Waals surface area (Å²) in [5, 5.41) is 12.7. The van der Waals surface area contributed by atoms with Gasteiger partial charge in [0.1, 0.15) is 10.8 Å². The summed E-state index contributed by atoms with van der Waals surface area (Å²) in [5.74, 6) is 1.85. The Balaban J connectivity index is 1.54. The van der Waals surface area contributed by atoms with E-state index in [4.69, 9.17) is 4.74 Å². The van der Waals surface area contributed by atoms with E-state index >= 15 is 0 Å². The lowest BCUT2D eigenvalue weighted by Crippen LogP contribution is -2.15. The molecule has 8 nitrogen and oxygen atoms in total. The summed E-state index contributed by atoms with van der Waals surface area (Å²) < 4.78 is 6.67. The van der Waals surface area contributed by atoms with Gasteiger partial charge in [-0.2, -0.15) is 9.61 Å². The normalized spacial score (nSPS) is 11.2. The highest BCUT2D eigenvalue weighted by atomic mass is 32.2. The van der Waals surface area contributed by atoms with Crippen LogP contribution < -0.4 is 10.3 Å². The van der Waals surface area contributed by atoms with E-state index in [0.717, 1.165) is 16.3 Å². The molecule has 0 unspecified atom stereocenters. The minimum absolute atomic E-state index is 0.181. The van der Waals surface area contributed by atoms with Gasteiger partial charge in [0, 0.05) is 11.8 Å². The van der Waals surface area contributed by atoms with Gasteiger partial charge in [-0.05, 0) is 19.1 Å². The lowest BCUT2D eigenvalue weighted by atomic mass is 10.2. The van der Waals surface area contributed by atoms with E-state index in [-0.39, 0.29) is 5.56 Å². The maximum absolute atomic E-state index is 12.1. The van der Waals surface area contributed by atoms with Gasteiger partial charge in [-0.1, -0.05) is 35.2 Å². The minimum atomic E-state index is -0.181. The summed E-state index contributed by atoms with van der Waals surface area (Å²) >= 11 is 2.79. The summed E-state index contributed by atoms with van der Waals surface area (Å²) in [6, 6.07) is 9.09. The lowest BCUT2D eigenvalue weighted by molar-refractivity contribution is 0.416. The number of hydrogen-bond donors (Lipinski definition) is 1. The van der Waals surface area contributed by atoms with Crippen LogP contribution in [0.1, 0.15) is 10.7 Å². The molecule has 0 bridgehead atoms. The molecule has 0 aliphatic rings. The van der Waals surface area contributed by atoms with Crippen molar-refractivity contribution >= 4 is 28.1 Å². The molecule has 3 aromatic heterocycles. The predicted octanol–water partition coefficient (Wildman–Crippen LogP) is 2.55. The van der Waals surface area contributed by atoms with Crippen LogP contribution in [0.4, 0.5) is 0 Å². The van der Waals surface area contributed by atoms with Crippen LogP contribution >= 0.6 is 23.1 Å². The topological polar surface area (TPSA) is 98.1 Å². The molecule has 0 radical (unpaired) electrons. The largest absolute Gasteiger partial charge is 0.496 e. The Morgan fingerprint density at radius 2 is 2.15 bits per heavy atom. The van der Waals surface area contributed by atoms with Crippen molar-refractivity contribution in [2.24, 2.45) is 0 Å². The number of rotatable bonds is 5. The number of nitrogens with one attached hydrogen (secondary N) is 1. The molecule has 0 spiro atoms. The fourth-order valence-electron chi connectivity index (χ4n) is 2.44. The highest BCUT2D eigenvalue weighted by molar-refractivity contribution is 7.98. The average molecular weight is 386 g/mol. The number of ether oxygens (including phenoxy) is 1. The SMILES string of the molecule is COc1ccccc1-c1nc(SCc2cc(=O)n3nc(C)sc3n2)n[nH]1. The highest BCUT2D eigenvalue weighted by Crippen LogP contribution is 2.28. The van der Waals surface area contributed by atoms with E-state index in [9.17, 15) is 4.79 Å². The second-order valence-corrected chi connectivity index (χ2v) is 7.46. The van der Waals surface area contributed by atoms with E-state index in [1.54, 1.807) is 7.11 Å². The van der Waals surface area contributed by atoms with Crippen molar-refractivity contribution in [2.75, 3.05) is 7.11 Å². The molecule has 132 valence electrons. The number of fused-ring (bicyclic) bond motifs is 1. The number of para-hydroxylation sites is 1. The molecule has 4 rings (SSSR count). The quantitative estimate of drug-likeness (QED) is 0.526. The molecule has 4 aromatic rings. The third-order valence-corrected chi connectivity index (χ3v) is 5.28. The minimum Gasteiger partial charge on any atom is -0.496 e. The number of nitrogens with zero attached hydrogens (tertiary/aromatic N) is 5. The molecule has 3 heterocycles. The van der Waals surface area contributed by atoms with Crippen molar-refractivity contribution < 1.29 is 4.74 Å². The van der Waals surface area contributed by atoms with Crippen LogP contribution in [0.25, 0.3) is 16.3 Å². The molecule has 0 aliphatic carbocycles. The van der Waals surface area contributed by atoms with Crippen molar-refractivity contribution in [3.05, 3.63) is 51.4 Å². The van der Waals surface area contributed by atoms with E-state index in [1.807, 2.05) is 31.2 Å². The van der Waals surface area contributed by atoms with E-state index < -0.39 is 0 Å². The number of methoxy groups -OCH3 is 1. The second-order valence-electron chi connectivity index (χ2n) is 5.36. The molecule has 0 aliphatic heterocycles. The van der Waals surface area contributed by atoms with Gasteiger partial charge in [-0.15, -0.1) is 5.10 Å². The summed E-state index contributed by atoms with van der Waals surface area (Å²) in [6.07, 6.45) is 0. The number of aromatic nitrogens is 6. The Morgan fingerprint density at radius 1 is 1.31 bits per heavy atom. The molecular formula is C16H14N6O2S2.